The number of rotatable bonds is 8. The molecule has 0 saturated heterocycles. The lowest BCUT2D eigenvalue weighted by molar-refractivity contribution is -0.148. The number of aliphatic hydroxyl groups excluding tert-OH is 1. The van der Waals surface area contributed by atoms with E-state index in [1.807, 2.05) is 0 Å². The van der Waals surface area contributed by atoms with Gasteiger partial charge in [-0.15, -0.1) is 0 Å². The molecule has 0 atom stereocenters. The minimum absolute atomic E-state index is 0.0447. The van der Waals surface area contributed by atoms with E-state index in [0.717, 1.165) is 4.90 Å². The number of hydrogen-bond acceptors (Lipinski definition) is 4. The lowest BCUT2D eigenvalue weighted by Crippen LogP contribution is -2.40. The summed E-state index contributed by atoms with van der Waals surface area (Å²) in [6.07, 6.45) is -4.28. The number of carbonyl (C=O) groups is 2. The maximum atomic E-state index is 12.5. The van der Waals surface area contributed by atoms with Crippen LogP contribution in [0.1, 0.15) is 23.7 Å². The van der Waals surface area contributed by atoms with Crippen LogP contribution in [0.2, 0.25) is 0 Å². The molecule has 0 aromatic heterocycles. The van der Waals surface area contributed by atoms with Gasteiger partial charge in [0.15, 0.2) is 5.78 Å². The zero-order chi connectivity index (χ0) is 17.5. The number of nitrogens with one attached hydrogen (secondary N) is 1. The van der Waals surface area contributed by atoms with Gasteiger partial charge >= 0.3 is 6.18 Å². The number of carbonyl (C=O) groups excluding carboxylic acids is 2. The lowest BCUT2D eigenvalue weighted by atomic mass is 10.1. The summed E-state index contributed by atoms with van der Waals surface area (Å²) >= 11 is 0. The maximum Gasteiger partial charge on any atom is 0.401 e. The van der Waals surface area contributed by atoms with Crippen LogP contribution in [0.15, 0.2) is 24.3 Å². The molecule has 2 N–H and O–H groups in total. The van der Waals surface area contributed by atoms with Crippen LogP contribution in [-0.2, 0) is 4.79 Å². The van der Waals surface area contributed by atoms with Crippen molar-refractivity contribution in [2.24, 2.45) is 0 Å². The molecule has 23 heavy (non-hydrogen) atoms. The quantitative estimate of drug-likeness (QED) is 0.715. The summed E-state index contributed by atoms with van der Waals surface area (Å²) in [7, 11) is 0. The average Bonchev–Trinajstić information content (AvgIpc) is 2.43. The smallest absolute Gasteiger partial charge is 0.396 e. The van der Waals surface area contributed by atoms with Crippen LogP contribution in [0.5, 0.6) is 0 Å². The number of anilines is 1. The number of nitrogens with zero attached hydrogens (tertiary/aromatic N) is 1. The molecule has 1 rings (SSSR count). The second-order valence-corrected chi connectivity index (χ2v) is 5.09. The molecule has 0 radical (unpaired) electrons. The van der Waals surface area contributed by atoms with Crippen molar-refractivity contribution < 1.29 is 27.9 Å². The van der Waals surface area contributed by atoms with Crippen molar-refractivity contribution in [3.8, 4) is 0 Å². The molecule has 0 aliphatic heterocycles. The Hall–Kier alpha value is -1.93. The molecule has 0 spiro atoms. The number of ketones is 1. The van der Waals surface area contributed by atoms with Gasteiger partial charge in [0, 0.05) is 24.4 Å². The van der Waals surface area contributed by atoms with Gasteiger partial charge in [0.05, 0.1) is 13.1 Å². The van der Waals surface area contributed by atoms with E-state index in [1.165, 1.54) is 13.0 Å². The van der Waals surface area contributed by atoms with Crippen LogP contribution in [0.3, 0.4) is 0 Å². The first-order chi connectivity index (χ1) is 10.7. The van der Waals surface area contributed by atoms with Crippen LogP contribution in [0.4, 0.5) is 18.9 Å². The number of hydrogen-bond donors (Lipinski definition) is 2. The topological polar surface area (TPSA) is 69.6 Å². The van der Waals surface area contributed by atoms with Gasteiger partial charge in [0.1, 0.15) is 0 Å². The first-order valence-electron chi connectivity index (χ1n) is 7.02. The predicted molar refractivity (Wildman–Crippen MR) is 79.3 cm³/mol. The Morgan fingerprint density at radius 3 is 2.57 bits per heavy atom. The Bertz CT molecular complexity index is 547. The van der Waals surface area contributed by atoms with E-state index in [-0.39, 0.29) is 25.4 Å². The summed E-state index contributed by atoms with van der Waals surface area (Å²) in [5.41, 5.74) is 0.743. The summed E-state index contributed by atoms with van der Waals surface area (Å²) in [5, 5.41) is 11.2. The fraction of sp³-hybridized carbons (Fsp3) is 0.467. The third kappa shape index (κ3) is 7.75. The summed E-state index contributed by atoms with van der Waals surface area (Å²) in [6.45, 7) is -0.605. The summed E-state index contributed by atoms with van der Waals surface area (Å²) < 4.78 is 37.4. The summed E-state index contributed by atoms with van der Waals surface area (Å²) in [6, 6.07) is 6.16. The van der Waals surface area contributed by atoms with Crippen LogP contribution in [0, 0.1) is 0 Å². The minimum Gasteiger partial charge on any atom is -0.396 e. The monoisotopic (exact) mass is 332 g/mol. The van der Waals surface area contributed by atoms with Crippen LogP contribution >= 0.6 is 0 Å². The van der Waals surface area contributed by atoms with E-state index in [0.29, 0.717) is 11.3 Å². The highest BCUT2D eigenvalue weighted by Crippen LogP contribution is 2.17. The van der Waals surface area contributed by atoms with E-state index in [2.05, 4.69) is 5.32 Å². The van der Waals surface area contributed by atoms with Crippen LogP contribution < -0.4 is 5.32 Å². The Balaban J connectivity index is 2.67. The largest absolute Gasteiger partial charge is 0.401 e. The SMILES string of the molecule is CC(=O)c1cccc(NC(=O)CN(CCCO)CC(F)(F)F)c1. The molecular formula is C15H19F3N2O3. The molecular weight excluding hydrogens is 313 g/mol. The molecule has 1 amide bonds. The van der Waals surface area contributed by atoms with Gasteiger partial charge in [-0.25, -0.2) is 0 Å². The highest BCUT2D eigenvalue weighted by atomic mass is 19.4. The Kier molecular flexibility index (Phi) is 7.18. The zero-order valence-corrected chi connectivity index (χ0v) is 12.7. The average molecular weight is 332 g/mol. The van der Waals surface area contributed by atoms with Gasteiger partial charge in [0.2, 0.25) is 5.91 Å². The second-order valence-electron chi connectivity index (χ2n) is 5.09. The molecule has 0 fully saturated rings. The molecule has 1 aromatic rings. The molecule has 5 nitrogen and oxygen atoms in total. The molecule has 8 heteroatoms. The van der Waals surface area contributed by atoms with Gasteiger partial charge in [-0.05, 0) is 25.5 Å². The maximum absolute atomic E-state index is 12.5. The molecule has 0 bridgehead atoms. The number of amides is 1. The number of aliphatic hydroxyl groups is 1. The van der Waals surface area contributed by atoms with Crippen molar-refractivity contribution in [1.29, 1.82) is 0 Å². The lowest BCUT2D eigenvalue weighted by Gasteiger charge is -2.22. The fourth-order valence-corrected chi connectivity index (χ4v) is 1.98. The molecule has 0 aliphatic carbocycles. The van der Waals surface area contributed by atoms with Gasteiger partial charge in [-0.1, -0.05) is 12.1 Å². The highest BCUT2D eigenvalue weighted by Gasteiger charge is 2.31. The number of halogens is 3. The first-order valence-corrected chi connectivity index (χ1v) is 7.02. The number of benzene rings is 1. The van der Waals surface area contributed by atoms with Gasteiger partial charge < -0.3 is 10.4 Å². The van der Waals surface area contributed by atoms with Crippen molar-refractivity contribution in [2.45, 2.75) is 19.5 Å². The van der Waals surface area contributed by atoms with Gasteiger partial charge in [0.25, 0.3) is 0 Å². The van der Waals surface area contributed by atoms with Crippen molar-refractivity contribution in [3.05, 3.63) is 29.8 Å². The molecule has 0 unspecified atom stereocenters. The van der Waals surface area contributed by atoms with Gasteiger partial charge in [-0.2, -0.15) is 13.2 Å². The first kappa shape index (κ1) is 19.1. The number of Topliss-reactive ketones (excluding diaryl/α,β-unsaturated/α-hetero) is 1. The molecule has 0 saturated carbocycles. The third-order valence-corrected chi connectivity index (χ3v) is 2.96. The second kappa shape index (κ2) is 8.64. The normalized spacial score (nSPS) is 11.6. The minimum atomic E-state index is -4.43. The molecule has 0 heterocycles. The Labute approximate surface area is 132 Å². The van der Waals surface area contributed by atoms with E-state index in [1.54, 1.807) is 18.2 Å². The van der Waals surface area contributed by atoms with Crippen molar-refractivity contribution in [2.75, 3.05) is 31.6 Å². The standard InChI is InChI=1S/C15H19F3N2O3/c1-11(22)12-4-2-5-13(8-12)19-14(23)9-20(6-3-7-21)10-15(16,17)18/h2,4-5,8,21H,3,6-7,9-10H2,1H3,(H,19,23). The molecule has 0 aliphatic rings. The van der Waals surface area contributed by atoms with E-state index in [4.69, 9.17) is 5.11 Å². The Morgan fingerprint density at radius 1 is 1.30 bits per heavy atom. The highest BCUT2D eigenvalue weighted by molar-refractivity contribution is 5.97. The molecule has 128 valence electrons. The predicted octanol–water partition coefficient (Wildman–Crippen LogP) is 2.07. The summed E-state index contributed by atoms with van der Waals surface area (Å²) in [4.78, 5) is 24.1. The van der Waals surface area contributed by atoms with Crippen molar-refractivity contribution in [3.63, 3.8) is 0 Å². The van der Waals surface area contributed by atoms with E-state index < -0.39 is 25.2 Å². The molecule has 1 aromatic carbocycles. The zero-order valence-electron chi connectivity index (χ0n) is 12.7. The van der Waals surface area contributed by atoms with Crippen molar-refractivity contribution in [1.82, 2.24) is 4.90 Å². The van der Waals surface area contributed by atoms with Crippen molar-refractivity contribution >= 4 is 17.4 Å². The fourth-order valence-electron chi connectivity index (χ4n) is 1.98. The van der Waals surface area contributed by atoms with Gasteiger partial charge in [-0.3, -0.25) is 14.5 Å². The van der Waals surface area contributed by atoms with E-state index >= 15 is 0 Å². The Morgan fingerprint density at radius 2 is 2.00 bits per heavy atom. The number of alkyl halides is 3. The van der Waals surface area contributed by atoms with Crippen LogP contribution in [0.25, 0.3) is 0 Å². The van der Waals surface area contributed by atoms with Crippen LogP contribution in [-0.4, -0.2) is 54.1 Å². The van der Waals surface area contributed by atoms with E-state index in [9.17, 15) is 22.8 Å². The summed E-state index contributed by atoms with van der Waals surface area (Å²) in [5.74, 6) is -0.796. The third-order valence-electron chi connectivity index (χ3n) is 2.96.